The second-order valence-corrected chi connectivity index (χ2v) is 4.99. The van der Waals surface area contributed by atoms with Crippen LogP contribution in [0.2, 0.25) is 0 Å². The van der Waals surface area contributed by atoms with Crippen molar-refractivity contribution in [1.29, 1.82) is 0 Å². The van der Waals surface area contributed by atoms with Crippen LogP contribution in [0.4, 0.5) is 0 Å². The van der Waals surface area contributed by atoms with Gasteiger partial charge in [-0.15, -0.1) is 0 Å². The number of rotatable bonds is 6. The minimum absolute atomic E-state index is 0.0394. The summed E-state index contributed by atoms with van der Waals surface area (Å²) >= 11 is 0. The monoisotopic (exact) mass is 231 g/mol. The van der Waals surface area contributed by atoms with Gasteiger partial charge in [-0.1, -0.05) is 13.8 Å². The number of aliphatic hydroxyl groups is 1. The Balaban J connectivity index is 2.27. The molecule has 16 heavy (non-hydrogen) atoms. The standard InChI is InChI=1S/C11H21NO4/c1-11(2)8(5-9(11)16-3)12-6-7(13)4-10(14)15/h7-9,12-13H,4-6H2,1-3H3,(H,14,15). The van der Waals surface area contributed by atoms with Gasteiger partial charge in [-0.25, -0.2) is 0 Å². The molecular formula is C11H21NO4. The van der Waals surface area contributed by atoms with Crippen molar-refractivity contribution in [3.8, 4) is 0 Å². The molecule has 0 heterocycles. The Kier molecular flexibility index (Phi) is 4.29. The van der Waals surface area contributed by atoms with E-state index in [0.717, 1.165) is 6.42 Å². The quantitative estimate of drug-likeness (QED) is 0.609. The highest BCUT2D eigenvalue weighted by atomic mass is 16.5. The highest BCUT2D eigenvalue weighted by Crippen LogP contribution is 2.42. The van der Waals surface area contributed by atoms with Crippen LogP contribution >= 0.6 is 0 Å². The fourth-order valence-corrected chi connectivity index (χ4v) is 2.18. The van der Waals surface area contributed by atoms with E-state index in [2.05, 4.69) is 19.2 Å². The molecule has 1 rings (SSSR count). The third-order valence-electron chi connectivity index (χ3n) is 3.47. The average molecular weight is 231 g/mol. The molecule has 94 valence electrons. The maximum Gasteiger partial charge on any atom is 0.306 e. The van der Waals surface area contributed by atoms with E-state index in [0.29, 0.717) is 6.54 Å². The molecule has 0 radical (unpaired) electrons. The summed E-state index contributed by atoms with van der Waals surface area (Å²) in [4.78, 5) is 10.4. The van der Waals surface area contributed by atoms with Gasteiger partial charge in [-0.05, 0) is 6.42 Å². The van der Waals surface area contributed by atoms with Gasteiger partial charge in [0.1, 0.15) is 0 Å². The Morgan fingerprint density at radius 1 is 1.62 bits per heavy atom. The lowest BCUT2D eigenvalue weighted by atomic mass is 9.64. The van der Waals surface area contributed by atoms with Gasteiger partial charge in [0.25, 0.3) is 0 Å². The number of hydrogen-bond acceptors (Lipinski definition) is 4. The maximum absolute atomic E-state index is 10.4. The summed E-state index contributed by atoms with van der Waals surface area (Å²) in [6, 6.07) is 0.279. The average Bonchev–Trinajstić information content (AvgIpc) is 2.15. The van der Waals surface area contributed by atoms with E-state index in [9.17, 15) is 9.90 Å². The first-order valence-electron chi connectivity index (χ1n) is 5.54. The first kappa shape index (κ1) is 13.4. The van der Waals surface area contributed by atoms with Gasteiger partial charge in [-0.2, -0.15) is 0 Å². The zero-order valence-electron chi connectivity index (χ0n) is 10.1. The molecule has 5 heteroatoms. The smallest absolute Gasteiger partial charge is 0.306 e. The van der Waals surface area contributed by atoms with Crippen LogP contribution in [-0.4, -0.2) is 48.1 Å². The van der Waals surface area contributed by atoms with Crippen LogP contribution in [0, 0.1) is 5.41 Å². The summed E-state index contributed by atoms with van der Waals surface area (Å²) in [6.45, 7) is 4.52. The topological polar surface area (TPSA) is 78.8 Å². The second kappa shape index (κ2) is 5.12. The van der Waals surface area contributed by atoms with E-state index < -0.39 is 12.1 Å². The third-order valence-corrected chi connectivity index (χ3v) is 3.47. The molecule has 1 aliphatic rings. The minimum atomic E-state index is -0.975. The van der Waals surface area contributed by atoms with Gasteiger partial charge in [0.2, 0.25) is 0 Å². The summed E-state index contributed by atoms with van der Waals surface area (Å²) < 4.78 is 5.31. The van der Waals surface area contributed by atoms with E-state index in [1.807, 2.05) is 0 Å². The predicted molar refractivity (Wildman–Crippen MR) is 59.2 cm³/mol. The van der Waals surface area contributed by atoms with Crippen molar-refractivity contribution in [3.63, 3.8) is 0 Å². The normalized spacial score (nSPS) is 29.5. The van der Waals surface area contributed by atoms with Gasteiger partial charge in [0, 0.05) is 25.1 Å². The Morgan fingerprint density at radius 3 is 2.69 bits per heavy atom. The van der Waals surface area contributed by atoms with Crippen LogP contribution in [0.25, 0.3) is 0 Å². The fraction of sp³-hybridized carbons (Fsp3) is 0.909. The van der Waals surface area contributed by atoms with E-state index >= 15 is 0 Å². The molecule has 0 bridgehead atoms. The number of carbonyl (C=O) groups is 1. The SMILES string of the molecule is COC1CC(NCC(O)CC(=O)O)C1(C)C. The maximum atomic E-state index is 10.4. The van der Waals surface area contributed by atoms with Gasteiger partial charge < -0.3 is 20.3 Å². The van der Waals surface area contributed by atoms with Crippen molar-refractivity contribution in [2.45, 2.75) is 44.9 Å². The van der Waals surface area contributed by atoms with Crippen LogP contribution in [-0.2, 0) is 9.53 Å². The molecule has 1 saturated carbocycles. The number of aliphatic carboxylic acids is 1. The van der Waals surface area contributed by atoms with Crippen LogP contribution in [0.1, 0.15) is 26.7 Å². The number of nitrogens with one attached hydrogen (secondary N) is 1. The molecule has 0 aromatic carbocycles. The van der Waals surface area contributed by atoms with Gasteiger partial charge in [-0.3, -0.25) is 4.79 Å². The van der Waals surface area contributed by atoms with E-state index in [1.165, 1.54) is 0 Å². The fourth-order valence-electron chi connectivity index (χ4n) is 2.18. The number of hydrogen-bond donors (Lipinski definition) is 3. The Morgan fingerprint density at radius 2 is 2.25 bits per heavy atom. The zero-order chi connectivity index (χ0) is 12.3. The first-order chi connectivity index (χ1) is 7.37. The van der Waals surface area contributed by atoms with E-state index in [-0.39, 0.29) is 24.0 Å². The van der Waals surface area contributed by atoms with Crippen molar-refractivity contribution < 1.29 is 19.7 Å². The summed E-state index contributed by atoms with van der Waals surface area (Å²) in [5.74, 6) is -0.975. The number of carboxylic acid groups (broad SMARTS) is 1. The lowest BCUT2D eigenvalue weighted by molar-refractivity contribution is -0.139. The largest absolute Gasteiger partial charge is 0.481 e. The molecule has 1 fully saturated rings. The molecular weight excluding hydrogens is 210 g/mol. The number of carboxylic acids is 1. The van der Waals surface area contributed by atoms with Crippen molar-refractivity contribution in [2.24, 2.45) is 5.41 Å². The molecule has 3 unspecified atom stereocenters. The molecule has 0 aromatic heterocycles. The van der Waals surface area contributed by atoms with Gasteiger partial charge >= 0.3 is 5.97 Å². The summed E-state index contributed by atoms with van der Waals surface area (Å²) in [7, 11) is 1.70. The second-order valence-electron chi connectivity index (χ2n) is 4.99. The molecule has 0 aromatic rings. The molecule has 3 atom stereocenters. The van der Waals surface area contributed by atoms with Crippen molar-refractivity contribution in [3.05, 3.63) is 0 Å². The lowest BCUT2D eigenvalue weighted by Crippen LogP contribution is -2.61. The molecule has 0 spiro atoms. The molecule has 1 aliphatic carbocycles. The van der Waals surface area contributed by atoms with E-state index in [4.69, 9.17) is 9.84 Å². The minimum Gasteiger partial charge on any atom is -0.481 e. The number of aliphatic hydroxyl groups excluding tert-OH is 1. The van der Waals surface area contributed by atoms with Crippen LogP contribution in [0.5, 0.6) is 0 Å². The van der Waals surface area contributed by atoms with Crippen LogP contribution in [0.15, 0.2) is 0 Å². The molecule has 0 aliphatic heterocycles. The lowest BCUT2D eigenvalue weighted by Gasteiger charge is -2.51. The summed E-state index contributed by atoms with van der Waals surface area (Å²) in [5, 5.41) is 21.1. The summed E-state index contributed by atoms with van der Waals surface area (Å²) in [6.07, 6.45) is 0.105. The zero-order valence-corrected chi connectivity index (χ0v) is 10.1. The van der Waals surface area contributed by atoms with E-state index in [1.54, 1.807) is 7.11 Å². The highest BCUT2D eigenvalue weighted by Gasteiger charge is 2.48. The van der Waals surface area contributed by atoms with Crippen LogP contribution in [0.3, 0.4) is 0 Å². The number of methoxy groups -OCH3 is 1. The van der Waals surface area contributed by atoms with Gasteiger partial charge in [0.15, 0.2) is 0 Å². The molecule has 3 N–H and O–H groups in total. The summed E-state index contributed by atoms with van der Waals surface area (Å²) in [5.41, 5.74) is 0.0394. The predicted octanol–water partition coefficient (Wildman–Crippen LogP) is 0.225. The van der Waals surface area contributed by atoms with Crippen molar-refractivity contribution in [1.82, 2.24) is 5.32 Å². The number of ether oxygens (including phenoxy) is 1. The molecule has 0 saturated heterocycles. The molecule has 5 nitrogen and oxygen atoms in total. The van der Waals surface area contributed by atoms with Gasteiger partial charge in [0.05, 0.1) is 18.6 Å². The van der Waals surface area contributed by atoms with Crippen LogP contribution < -0.4 is 5.32 Å². The Bertz CT molecular complexity index is 254. The van der Waals surface area contributed by atoms with Crippen molar-refractivity contribution in [2.75, 3.05) is 13.7 Å². The Hall–Kier alpha value is -0.650. The first-order valence-corrected chi connectivity index (χ1v) is 5.54. The molecule has 0 amide bonds. The Labute approximate surface area is 95.8 Å². The highest BCUT2D eigenvalue weighted by molar-refractivity contribution is 5.67. The third kappa shape index (κ3) is 2.93. The van der Waals surface area contributed by atoms with Crippen molar-refractivity contribution >= 4 is 5.97 Å².